The molecule has 2 aliphatic heterocycles. The van der Waals surface area contributed by atoms with Gasteiger partial charge in [-0.15, -0.1) is 12.4 Å². The van der Waals surface area contributed by atoms with Crippen LogP contribution in [0.3, 0.4) is 0 Å². The first kappa shape index (κ1) is 57.5. The molecule has 3 aromatic carbocycles. The molecule has 0 unspecified atom stereocenters. The molecular weight excluding hydrogens is 985 g/mol. The lowest BCUT2D eigenvalue weighted by Gasteiger charge is -2.43. The molecule has 0 atom stereocenters. The van der Waals surface area contributed by atoms with Gasteiger partial charge in [-0.2, -0.15) is 0 Å². The maximum Gasteiger partial charge on any atom is 0.309 e. The molecule has 14 heteroatoms. The Balaban J connectivity index is 0.000000154. The second-order valence-electron chi connectivity index (χ2n) is 24.1. The van der Waals surface area contributed by atoms with Crippen LogP contribution in [0.5, 0.6) is 17.2 Å². The van der Waals surface area contributed by atoms with Gasteiger partial charge in [-0.05, 0) is 211 Å². The minimum Gasteiger partial charge on any atom is -0.508 e. The average Bonchev–Trinajstić information content (AvgIpc) is 4.13. The van der Waals surface area contributed by atoms with Crippen molar-refractivity contribution in [2.45, 2.75) is 189 Å². The van der Waals surface area contributed by atoms with Crippen molar-refractivity contribution in [3.63, 3.8) is 0 Å². The van der Waals surface area contributed by atoms with E-state index in [2.05, 4.69) is 34.9 Å². The van der Waals surface area contributed by atoms with Crippen LogP contribution in [0.25, 0.3) is 0 Å². The Kier molecular flexibility index (Phi) is 18.9. The SMILES string of the molecule is Cl.NC/C(=C\F)COc1ccc(C23CCCC(C(=O)NC4CCOCC4)(CC2)CC3)cc1.O=C(NC1CCOCC1)C12CCCC(c3ccc(O)cc3)(CC1)CC2.O=C(O)C12CCCC(c3ccc(O)cc3)(CC1)CC2. The van der Waals surface area contributed by atoms with Gasteiger partial charge in [0.15, 0.2) is 0 Å². The predicted molar refractivity (Wildman–Crippen MR) is 295 cm³/mol. The molecule has 14 rings (SSSR count). The van der Waals surface area contributed by atoms with Crippen LogP contribution >= 0.6 is 12.4 Å². The number of halogens is 2. The lowest BCUT2D eigenvalue weighted by atomic mass is 9.62. The van der Waals surface area contributed by atoms with Crippen LogP contribution in [0.1, 0.15) is 177 Å². The number of carboxylic acid groups (broad SMARTS) is 1. The maximum atomic E-state index is 13.3. The number of phenols is 2. The van der Waals surface area contributed by atoms with Gasteiger partial charge in [0.1, 0.15) is 23.9 Å². The molecule has 6 bridgehead atoms. The second-order valence-corrected chi connectivity index (χ2v) is 24.1. The lowest BCUT2D eigenvalue weighted by Crippen LogP contribution is -2.49. The summed E-state index contributed by atoms with van der Waals surface area (Å²) in [6, 6.07) is 24.1. The van der Waals surface area contributed by atoms with Gasteiger partial charge in [0.05, 0.1) is 11.7 Å². The number of rotatable bonds is 12. The van der Waals surface area contributed by atoms with Gasteiger partial charge in [0, 0.05) is 61.5 Å². The van der Waals surface area contributed by atoms with Crippen molar-refractivity contribution in [1.82, 2.24) is 10.6 Å². The van der Waals surface area contributed by atoms with Crippen molar-refractivity contribution in [3.05, 3.63) is 101 Å². The molecule has 2 amide bonds. The number of carbonyl (C=O) groups excluding carboxylic acids is 2. The monoisotopic (exact) mass is 1070 g/mol. The van der Waals surface area contributed by atoms with E-state index in [-0.39, 0.29) is 64.6 Å². The van der Waals surface area contributed by atoms with Crippen LogP contribution in [-0.2, 0) is 40.1 Å². The molecular formula is C62H85ClFN3O9. The van der Waals surface area contributed by atoms with Crippen molar-refractivity contribution in [2.24, 2.45) is 22.0 Å². The fraction of sp³-hybridized carbons (Fsp3) is 0.629. The average molecular weight is 1070 g/mol. The smallest absolute Gasteiger partial charge is 0.309 e. The van der Waals surface area contributed by atoms with E-state index in [4.69, 9.17) is 19.9 Å². The molecule has 416 valence electrons. The number of aliphatic carboxylic acids is 1. The number of amides is 2. The minimum absolute atomic E-state index is 0. The highest BCUT2D eigenvalue weighted by atomic mass is 35.5. The van der Waals surface area contributed by atoms with Crippen LogP contribution in [-0.4, -0.2) is 84.8 Å². The van der Waals surface area contributed by atoms with Crippen LogP contribution < -0.4 is 21.1 Å². The van der Waals surface area contributed by atoms with E-state index in [1.54, 1.807) is 24.3 Å². The van der Waals surface area contributed by atoms with Gasteiger partial charge < -0.3 is 45.9 Å². The van der Waals surface area contributed by atoms with Gasteiger partial charge in [-0.3, -0.25) is 14.4 Å². The summed E-state index contributed by atoms with van der Waals surface area (Å²) in [5, 5.41) is 35.2. The minimum atomic E-state index is -0.603. The summed E-state index contributed by atoms with van der Waals surface area (Å²) in [6.07, 6.45) is 25.3. The van der Waals surface area contributed by atoms with E-state index in [1.807, 2.05) is 24.3 Å². The zero-order valence-corrected chi connectivity index (χ0v) is 45.6. The standard InChI is InChI=1S/C25H35FN2O3.C21H29NO3.C16H20O3.ClH/c26-16-19(17-27)18-31-22-4-2-20(3-5-22)24-8-1-9-25(12-10-24,13-11-24)23(29)28-21-6-14-30-15-7-21;23-18-4-2-16(3-5-18)20-8-1-9-21(12-10-20,13-11-20)19(24)22-17-6-14-25-15-7-17;17-13-4-2-12(3-5-13)15-6-1-7-16(10-8-15,11-9-15)14(18)19;/h2-5,16,21H,1,6-15,17-18,27H2,(H,28,29);2-5,17,23H,1,6-15H2,(H,22,24);2-5,17H,1,6-11H2,(H,18,19);1H/b19-16+;;;. The summed E-state index contributed by atoms with van der Waals surface area (Å²) in [5.74, 6) is 1.31. The third-order valence-electron chi connectivity index (χ3n) is 20.2. The van der Waals surface area contributed by atoms with E-state index in [1.165, 1.54) is 16.7 Å². The molecule has 9 saturated carbocycles. The zero-order valence-electron chi connectivity index (χ0n) is 44.7. The van der Waals surface area contributed by atoms with Crippen LogP contribution in [0.4, 0.5) is 4.39 Å². The van der Waals surface area contributed by atoms with E-state index in [0.717, 1.165) is 193 Å². The molecule has 11 aliphatic rings. The third kappa shape index (κ3) is 12.6. The lowest BCUT2D eigenvalue weighted by molar-refractivity contribution is -0.151. The first-order valence-electron chi connectivity index (χ1n) is 28.6. The predicted octanol–water partition coefficient (Wildman–Crippen LogP) is 11.7. The Hall–Kier alpha value is -4.69. The number of aromatic hydroxyl groups is 2. The number of fused-ring (bicyclic) bond motifs is 12. The molecule has 9 aliphatic carbocycles. The first-order valence-corrected chi connectivity index (χ1v) is 28.6. The van der Waals surface area contributed by atoms with E-state index >= 15 is 0 Å². The number of hydrogen-bond donors (Lipinski definition) is 6. The van der Waals surface area contributed by atoms with Crippen LogP contribution in [0.15, 0.2) is 84.7 Å². The first-order chi connectivity index (χ1) is 36.3. The molecule has 0 aromatic heterocycles. The van der Waals surface area contributed by atoms with E-state index in [9.17, 15) is 34.1 Å². The van der Waals surface area contributed by atoms with Crippen molar-refractivity contribution in [3.8, 4) is 17.2 Å². The number of benzene rings is 3. The molecule has 12 nitrogen and oxygen atoms in total. The fourth-order valence-electron chi connectivity index (χ4n) is 14.9. The van der Waals surface area contributed by atoms with E-state index in [0.29, 0.717) is 35.4 Å². The van der Waals surface area contributed by atoms with Gasteiger partial charge in [0.2, 0.25) is 11.8 Å². The van der Waals surface area contributed by atoms with Gasteiger partial charge in [-0.25, -0.2) is 4.39 Å². The second kappa shape index (κ2) is 25.0. The summed E-state index contributed by atoms with van der Waals surface area (Å²) >= 11 is 0. The third-order valence-corrected chi connectivity index (χ3v) is 20.2. The Labute approximate surface area is 456 Å². The highest BCUT2D eigenvalue weighted by Gasteiger charge is 2.53. The molecule has 76 heavy (non-hydrogen) atoms. The summed E-state index contributed by atoms with van der Waals surface area (Å²) in [5.41, 5.74) is 9.55. The van der Waals surface area contributed by atoms with Crippen LogP contribution in [0, 0.1) is 16.2 Å². The molecule has 2 saturated heterocycles. The highest BCUT2D eigenvalue weighted by molar-refractivity contribution is 5.85. The number of phenolic OH excluding ortho intramolecular Hbond substituents is 2. The van der Waals surface area contributed by atoms with Crippen molar-refractivity contribution in [2.75, 3.05) is 39.6 Å². The highest BCUT2D eigenvalue weighted by Crippen LogP contribution is 2.58. The number of nitrogens with two attached hydrogens (primary N) is 1. The topological polar surface area (TPSA) is 190 Å². The van der Waals surface area contributed by atoms with Gasteiger partial charge in [0.25, 0.3) is 0 Å². The van der Waals surface area contributed by atoms with Crippen LogP contribution in [0.2, 0.25) is 0 Å². The number of hydrogen-bond acceptors (Lipinski definition) is 9. The fourth-order valence-corrected chi connectivity index (χ4v) is 14.9. The zero-order chi connectivity index (χ0) is 52.6. The van der Waals surface area contributed by atoms with Crippen molar-refractivity contribution < 1.29 is 48.3 Å². The Morgan fingerprint density at radius 1 is 0.539 bits per heavy atom. The molecule has 7 N–H and O–H groups in total. The number of carbonyl (C=O) groups is 3. The number of nitrogens with one attached hydrogen (secondary N) is 2. The Morgan fingerprint density at radius 2 is 0.882 bits per heavy atom. The molecule has 0 radical (unpaired) electrons. The number of ether oxygens (including phenoxy) is 3. The molecule has 3 aromatic rings. The molecule has 2 heterocycles. The summed E-state index contributed by atoms with van der Waals surface area (Å²) in [7, 11) is 0. The summed E-state index contributed by atoms with van der Waals surface area (Å²) < 4.78 is 29.2. The Bertz CT molecular complexity index is 2410. The summed E-state index contributed by atoms with van der Waals surface area (Å²) in [6.45, 7) is 3.35. The molecule has 0 spiro atoms. The van der Waals surface area contributed by atoms with Gasteiger partial charge >= 0.3 is 5.97 Å². The van der Waals surface area contributed by atoms with Crippen molar-refractivity contribution >= 4 is 30.2 Å². The summed E-state index contributed by atoms with van der Waals surface area (Å²) in [4.78, 5) is 37.9. The quantitative estimate of drug-likeness (QED) is 0.102. The molecule has 11 fully saturated rings. The largest absolute Gasteiger partial charge is 0.508 e. The number of carboxylic acids is 1. The maximum absolute atomic E-state index is 13.3. The van der Waals surface area contributed by atoms with Gasteiger partial charge in [-0.1, -0.05) is 55.7 Å². The van der Waals surface area contributed by atoms with Crippen molar-refractivity contribution in [1.29, 1.82) is 0 Å². The Morgan fingerprint density at radius 3 is 1.22 bits per heavy atom. The normalized spacial score (nSPS) is 31.3. The van der Waals surface area contributed by atoms with E-state index < -0.39 is 11.4 Å².